The maximum Gasteiger partial charge on any atom is 0.267 e. The lowest BCUT2D eigenvalue weighted by Crippen LogP contribution is -2.19. The predicted octanol–water partition coefficient (Wildman–Crippen LogP) is 0.0352. The van der Waals surface area contributed by atoms with Crippen molar-refractivity contribution in [2.75, 3.05) is 5.75 Å². The first-order valence-corrected chi connectivity index (χ1v) is 4.70. The molecule has 0 saturated heterocycles. The molecule has 0 amide bonds. The molecular weight excluding hydrogens is 156 g/mol. The van der Waals surface area contributed by atoms with Crippen LogP contribution >= 0.6 is 0 Å². The molecule has 0 fully saturated rings. The zero-order valence-corrected chi connectivity index (χ0v) is 6.63. The Bertz CT molecular complexity index is 172. The Morgan fingerprint density at radius 3 is 2.30 bits per heavy atom. The van der Waals surface area contributed by atoms with E-state index in [1.54, 1.807) is 0 Å². The predicted molar refractivity (Wildman–Crippen MR) is 37.3 cm³/mol. The minimum atomic E-state index is -4.00. The summed E-state index contributed by atoms with van der Waals surface area (Å²) in [6.45, 7) is 1.83. The fourth-order valence-electron chi connectivity index (χ4n) is 0.660. The van der Waals surface area contributed by atoms with E-state index >= 15 is 0 Å². The van der Waals surface area contributed by atoms with Gasteiger partial charge in [-0.15, -0.1) is 0 Å². The van der Waals surface area contributed by atoms with Gasteiger partial charge in [-0.3, -0.25) is 4.55 Å². The minimum absolute atomic E-state index is 0.403. The van der Waals surface area contributed by atoms with E-state index in [9.17, 15) is 8.42 Å². The van der Waals surface area contributed by atoms with Crippen LogP contribution in [0.15, 0.2) is 0 Å². The number of aliphatic hydroxyl groups excluding tert-OH is 1. The van der Waals surface area contributed by atoms with E-state index in [1.165, 1.54) is 0 Å². The standard InChI is InChI=1S/C5H12O4S/c1-2-3-5(6)4-10(7,8)9/h5-6H,2-4H2,1H3,(H,7,8,9). The van der Waals surface area contributed by atoms with E-state index in [0.29, 0.717) is 12.8 Å². The highest BCUT2D eigenvalue weighted by atomic mass is 32.2. The van der Waals surface area contributed by atoms with Gasteiger partial charge in [0.25, 0.3) is 10.1 Å². The fourth-order valence-corrected chi connectivity index (χ4v) is 1.31. The Morgan fingerprint density at radius 2 is 2.00 bits per heavy atom. The van der Waals surface area contributed by atoms with Crippen LogP contribution in [0.1, 0.15) is 19.8 Å². The van der Waals surface area contributed by atoms with Gasteiger partial charge in [0.05, 0.1) is 6.10 Å². The number of hydrogen-bond acceptors (Lipinski definition) is 3. The largest absolute Gasteiger partial charge is 0.392 e. The lowest BCUT2D eigenvalue weighted by molar-refractivity contribution is 0.183. The average Bonchev–Trinajstić information content (AvgIpc) is 1.59. The molecule has 0 heterocycles. The Kier molecular flexibility index (Phi) is 3.85. The van der Waals surface area contributed by atoms with E-state index in [-0.39, 0.29) is 0 Å². The highest BCUT2D eigenvalue weighted by Crippen LogP contribution is 1.98. The molecule has 0 spiro atoms. The van der Waals surface area contributed by atoms with Crippen molar-refractivity contribution in [1.29, 1.82) is 0 Å². The summed E-state index contributed by atoms with van der Waals surface area (Å²) in [4.78, 5) is 0. The topological polar surface area (TPSA) is 74.6 Å². The van der Waals surface area contributed by atoms with E-state index in [0.717, 1.165) is 0 Å². The van der Waals surface area contributed by atoms with Gasteiger partial charge in [-0.1, -0.05) is 13.3 Å². The third-order valence-corrected chi connectivity index (χ3v) is 1.83. The molecule has 0 aromatic heterocycles. The van der Waals surface area contributed by atoms with Gasteiger partial charge >= 0.3 is 0 Å². The van der Waals surface area contributed by atoms with Gasteiger partial charge < -0.3 is 5.11 Å². The molecule has 0 aliphatic carbocycles. The summed E-state index contributed by atoms with van der Waals surface area (Å²) in [7, 11) is -4.00. The molecule has 4 nitrogen and oxygen atoms in total. The van der Waals surface area contributed by atoms with Crippen LogP contribution in [0.25, 0.3) is 0 Å². The highest BCUT2D eigenvalue weighted by Gasteiger charge is 2.12. The lowest BCUT2D eigenvalue weighted by Gasteiger charge is -2.04. The van der Waals surface area contributed by atoms with Crippen LogP contribution in [0.5, 0.6) is 0 Å². The number of aliphatic hydroxyl groups is 1. The van der Waals surface area contributed by atoms with Crippen LogP contribution in [0, 0.1) is 0 Å². The van der Waals surface area contributed by atoms with Gasteiger partial charge in [0.1, 0.15) is 5.75 Å². The van der Waals surface area contributed by atoms with Gasteiger partial charge in [0.15, 0.2) is 0 Å². The Hall–Kier alpha value is -0.130. The second kappa shape index (κ2) is 3.90. The van der Waals surface area contributed by atoms with Crippen molar-refractivity contribution >= 4 is 10.1 Å². The molecule has 0 aliphatic heterocycles. The molecule has 0 saturated carbocycles. The maximum absolute atomic E-state index is 10.1. The van der Waals surface area contributed by atoms with Crippen molar-refractivity contribution in [3.05, 3.63) is 0 Å². The molecule has 5 heteroatoms. The Morgan fingerprint density at radius 1 is 1.50 bits per heavy atom. The van der Waals surface area contributed by atoms with Crippen LogP contribution in [-0.2, 0) is 10.1 Å². The zero-order chi connectivity index (χ0) is 8.20. The average molecular weight is 168 g/mol. The Balaban J connectivity index is 3.69. The zero-order valence-electron chi connectivity index (χ0n) is 5.82. The lowest BCUT2D eigenvalue weighted by atomic mass is 10.2. The summed E-state index contributed by atoms with van der Waals surface area (Å²) >= 11 is 0. The van der Waals surface area contributed by atoms with E-state index in [2.05, 4.69) is 0 Å². The van der Waals surface area contributed by atoms with Crippen LogP contribution in [-0.4, -0.2) is 29.9 Å². The summed E-state index contributed by atoms with van der Waals surface area (Å²) in [6, 6.07) is 0. The Labute approximate surface area is 60.6 Å². The highest BCUT2D eigenvalue weighted by molar-refractivity contribution is 7.85. The van der Waals surface area contributed by atoms with Crippen LogP contribution < -0.4 is 0 Å². The van der Waals surface area contributed by atoms with Crippen molar-refractivity contribution in [3.63, 3.8) is 0 Å². The fraction of sp³-hybridized carbons (Fsp3) is 1.00. The smallest absolute Gasteiger partial charge is 0.267 e. The number of hydrogen-bond donors (Lipinski definition) is 2. The molecule has 1 atom stereocenters. The summed E-state index contributed by atoms with van der Waals surface area (Å²) in [6.07, 6.45) is 0.177. The summed E-state index contributed by atoms with van der Waals surface area (Å²) in [5, 5.41) is 8.85. The molecule has 0 aliphatic rings. The third-order valence-electron chi connectivity index (χ3n) is 1.02. The molecule has 10 heavy (non-hydrogen) atoms. The van der Waals surface area contributed by atoms with Gasteiger partial charge in [-0.25, -0.2) is 0 Å². The van der Waals surface area contributed by atoms with Crippen LogP contribution in [0.2, 0.25) is 0 Å². The molecule has 0 radical (unpaired) electrons. The molecule has 0 bridgehead atoms. The quantitative estimate of drug-likeness (QED) is 0.581. The van der Waals surface area contributed by atoms with Gasteiger partial charge in [-0.05, 0) is 6.42 Å². The van der Waals surface area contributed by atoms with Gasteiger partial charge in [-0.2, -0.15) is 8.42 Å². The second-order valence-corrected chi connectivity index (χ2v) is 3.69. The van der Waals surface area contributed by atoms with Gasteiger partial charge in [0, 0.05) is 0 Å². The first-order valence-electron chi connectivity index (χ1n) is 3.09. The minimum Gasteiger partial charge on any atom is -0.392 e. The van der Waals surface area contributed by atoms with Crippen molar-refractivity contribution in [2.45, 2.75) is 25.9 Å². The van der Waals surface area contributed by atoms with Crippen LogP contribution in [0.3, 0.4) is 0 Å². The van der Waals surface area contributed by atoms with Gasteiger partial charge in [0.2, 0.25) is 0 Å². The normalized spacial score (nSPS) is 15.1. The van der Waals surface area contributed by atoms with Crippen LogP contribution in [0.4, 0.5) is 0 Å². The SMILES string of the molecule is CCCC(O)CS(=O)(=O)O. The monoisotopic (exact) mass is 168 g/mol. The number of rotatable bonds is 4. The maximum atomic E-state index is 10.1. The van der Waals surface area contributed by atoms with Crippen molar-refractivity contribution < 1.29 is 18.1 Å². The van der Waals surface area contributed by atoms with E-state index in [4.69, 9.17) is 9.66 Å². The molecule has 1 unspecified atom stereocenters. The van der Waals surface area contributed by atoms with Crippen molar-refractivity contribution in [3.8, 4) is 0 Å². The molecule has 62 valence electrons. The first kappa shape index (κ1) is 9.87. The van der Waals surface area contributed by atoms with E-state index in [1.807, 2.05) is 6.92 Å². The van der Waals surface area contributed by atoms with Crippen molar-refractivity contribution in [2.24, 2.45) is 0 Å². The van der Waals surface area contributed by atoms with Crippen molar-refractivity contribution in [1.82, 2.24) is 0 Å². The van der Waals surface area contributed by atoms with E-state index < -0.39 is 22.0 Å². The molecule has 0 aromatic carbocycles. The molecule has 2 N–H and O–H groups in total. The molecular formula is C5H12O4S. The second-order valence-electron chi connectivity index (χ2n) is 2.19. The summed E-state index contributed by atoms with van der Waals surface area (Å²) in [5.74, 6) is -0.555. The summed E-state index contributed by atoms with van der Waals surface area (Å²) < 4.78 is 28.5. The molecule has 0 rings (SSSR count). The first-order chi connectivity index (χ1) is 4.45. The molecule has 0 aromatic rings. The third kappa shape index (κ3) is 6.00. The summed E-state index contributed by atoms with van der Waals surface area (Å²) in [5.41, 5.74) is 0.